The first-order chi connectivity index (χ1) is 14.8. The van der Waals surface area contributed by atoms with Crippen molar-refractivity contribution >= 4 is 29.3 Å². The van der Waals surface area contributed by atoms with Crippen molar-refractivity contribution in [3.8, 4) is 0 Å². The van der Waals surface area contributed by atoms with Crippen molar-refractivity contribution < 1.29 is 28.2 Å². The minimum absolute atomic E-state index is 0.0327. The zero-order valence-corrected chi connectivity index (χ0v) is 17.7. The first kappa shape index (κ1) is 22.8. The van der Waals surface area contributed by atoms with Gasteiger partial charge in [-0.15, -0.1) is 0 Å². The van der Waals surface area contributed by atoms with Crippen LogP contribution in [0.3, 0.4) is 0 Å². The van der Waals surface area contributed by atoms with Crippen molar-refractivity contribution in [2.45, 2.75) is 19.1 Å². The summed E-state index contributed by atoms with van der Waals surface area (Å²) in [4.78, 5) is 40.6. The van der Waals surface area contributed by atoms with Crippen molar-refractivity contribution in [2.24, 2.45) is 5.73 Å². The molecule has 3 rings (SSSR count). The lowest BCUT2D eigenvalue weighted by Gasteiger charge is -2.36. The molecule has 31 heavy (non-hydrogen) atoms. The molecule has 3 N–H and O–H groups in total. The van der Waals surface area contributed by atoms with E-state index in [0.29, 0.717) is 37.6 Å². The van der Waals surface area contributed by atoms with E-state index in [2.05, 4.69) is 5.32 Å². The number of hydrogen-bond donors (Lipinski definition) is 2. The van der Waals surface area contributed by atoms with Gasteiger partial charge in [0.25, 0.3) is 0 Å². The molecule has 0 aromatic heterocycles. The van der Waals surface area contributed by atoms with Crippen LogP contribution in [0.5, 0.6) is 0 Å². The highest BCUT2D eigenvalue weighted by Gasteiger charge is 2.33. The van der Waals surface area contributed by atoms with Gasteiger partial charge >= 0.3 is 6.09 Å². The average Bonchev–Trinajstić information content (AvgIpc) is 3.12. The van der Waals surface area contributed by atoms with Gasteiger partial charge in [-0.25, -0.2) is 9.18 Å². The van der Waals surface area contributed by atoms with E-state index in [1.54, 1.807) is 24.0 Å². The third-order valence-electron chi connectivity index (χ3n) is 5.28. The van der Waals surface area contributed by atoms with Crippen molar-refractivity contribution in [1.82, 2.24) is 10.2 Å². The van der Waals surface area contributed by atoms with E-state index < -0.39 is 24.1 Å². The fourth-order valence-corrected chi connectivity index (χ4v) is 3.55. The van der Waals surface area contributed by atoms with Gasteiger partial charge in [-0.05, 0) is 25.1 Å². The Bertz CT molecular complexity index is 828. The number of rotatable bonds is 7. The van der Waals surface area contributed by atoms with E-state index in [4.69, 9.17) is 15.2 Å². The van der Waals surface area contributed by atoms with Gasteiger partial charge < -0.3 is 30.3 Å². The first-order valence-corrected chi connectivity index (χ1v) is 10.1. The summed E-state index contributed by atoms with van der Waals surface area (Å²) in [6, 6.07) is 3.91. The standard InChI is InChI=1S/C20H28FN5O5/c1-13(22)19(28)23-10-15-11-26(20(29)31-15)14-3-4-17(16(21)9-14)24-5-7-25(8-6-24)18(27)12-30-2/h3-4,9,13,15H,5-8,10-12,22H2,1-2H3,(H,23,28)/t13?,15-/m1/s1. The number of ether oxygens (including phenoxy) is 2. The maximum absolute atomic E-state index is 14.8. The summed E-state index contributed by atoms with van der Waals surface area (Å²) < 4.78 is 25.0. The minimum atomic E-state index is -0.658. The largest absolute Gasteiger partial charge is 0.442 e. The number of carbonyl (C=O) groups excluding carboxylic acids is 3. The average molecular weight is 437 g/mol. The molecule has 2 aliphatic rings. The van der Waals surface area contributed by atoms with Crippen LogP contribution in [0.1, 0.15) is 6.92 Å². The molecule has 0 spiro atoms. The molecule has 3 amide bonds. The summed E-state index contributed by atoms with van der Waals surface area (Å²) in [5.74, 6) is -0.887. The molecule has 170 valence electrons. The third-order valence-corrected chi connectivity index (χ3v) is 5.28. The molecule has 0 saturated carbocycles. The Labute approximate surface area is 180 Å². The summed E-state index contributed by atoms with van der Waals surface area (Å²) in [5, 5.41) is 2.62. The van der Waals surface area contributed by atoms with Crippen LogP contribution in [0.15, 0.2) is 18.2 Å². The molecule has 11 heteroatoms. The molecule has 10 nitrogen and oxygen atoms in total. The number of nitrogens with two attached hydrogens (primary N) is 1. The lowest BCUT2D eigenvalue weighted by atomic mass is 10.2. The fourth-order valence-electron chi connectivity index (χ4n) is 3.55. The Morgan fingerprint density at radius 1 is 1.32 bits per heavy atom. The topological polar surface area (TPSA) is 117 Å². The predicted octanol–water partition coefficient (Wildman–Crippen LogP) is -0.0907. The minimum Gasteiger partial charge on any atom is -0.442 e. The number of cyclic esters (lactones) is 1. The van der Waals surface area contributed by atoms with Gasteiger partial charge in [-0.2, -0.15) is 0 Å². The highest BCUT2D eigenvalue weighted by molar-refractivity contribution is 5.90. The molecular formula is C20H28FN5O5. The second-order valence-corrected chi connectivity index (χ2v) is 7.59. The lowest BCUT2D eigenvalue weighted by molar-refractivity contribution is -0.135. The van der Waals surface area contributed by atoms with Crippen LogP contribution in [0.4, 0.5) is 20.6 Å². The quantitative estimate of drug-likeness (QED) is 0.612. The second-order valence-electron chi connectivity index (χ2n) is 7.59. The summed E-state index contributed by atoms with van der Waals surface area (Å²) in [5.41, 5.74) is 6.28. The van der Waals surface area contributed by atoms with Gasteiger partial charge in [-0.1, -0.05) is 0 Å². The Balaban J connectivity index is 1.59. The lowest BCUT2D eigenvalue weighted by Crippen LogP contribution is -2.50. The maximum atomic E-state index is 14.8. The van der Waals surface area contributed by atoms with Crippen molar-refractivity contribution in [1.29, 1.82) is 0 Å². The molecule has 0 aliphatic carbocycles. The maximum Gasteiger partial charge on any atom is 0.414 e. The number of nitrogens with zero attached hydrogens (tertiary/aromatic N) is 3. The normalized spacial score (nSPS) is 19.9. The molecule has 0 bridgehead atoms. The predicted molar refractivity (Wildman–Crippen MR) is 111 cm³/mol. The number of piperazine rings is 1. The van der Waals surface area contributed by atoms with Crippen LogP contribution < -0.4 is 20.9 Å². The van der Waals surface area contributed by atoms with Crippen molar-refractivity contribution in [3.05, 3.63) is 24.0 Å². The zero-order chi connectivity index (χ0) is 22.5. The number of nitrogens with one attached hydrogen (secondary N) is 1. The first-order valence-electron chi connectivity index (χ1n) is 10.1. The van der Waals surface area contributed by atoms with Crippen LogP contribution in [0.25, 0.3) is 0 Å². The van der Waals surface area contributed by atoms with Crippen molar-refractivity contribution in [3.63, 3.8) is 0 Å². The van der Waals surface area contributed by atoms with Gasteiger partial charge in [0.05, 0.1) is 30.5 Å². The van der Waals surface area contributed by atoms with Gasteiger partial charge in [-0.3, -0.25) is 14.5 Å². The molecule has 2 fully saturated rings. The molecule has 2 saturated heterocycles. The highest BCUT2D eigenvalue weighted by Crippen LogP contribution is 2.28. The second kappa shape index (κ2) is 9.92. The summed E-state index contributed by atoms with van der Waals surface area (Å²) in [7, 11) is 1.47. The smallest absolute Gasteiger partial charge is 0.414 e. The van der Waals surface area contributed by atoms with E-state index in [1.807, 2.05) is 4.90 Å². The molecule has 1 aromatic rings. The fraction of sp³-hybridized carbons (Fsp3) is 0.550. The molecular weight excluding hydrogens is 409 g/mol. The van der Waals surface area contributed by atoms with E-state index >= 15 is 0 Å². The number of methoxy groups -OCH3 is 1. The van der Waals surface area contributed by atoms with Gasteiger partial charge in [0.1, 0.15) is 18.5 Å². The van der Waals surface area contributed by atoms with Gasteiger partial charge in [0, 0.05) is 33.3 Å². The molecule has 1 aromatic carbocycles. The number of anilines is 2. The van der Waals surface area contributed by atoms with E-state index in [9.17, 15) is 18.8 Å². The molecule has 2 aliphatic heterocycles. The summed E-state index contributed by atoms with van der Waals surface area (Å²) in [6.07, 6.45) is -1.15. The Kier molecular flexibility index (Phi) is 7.29. The van der Waals surface area contributed by atoms with E-state index in [1.165, 1.54) is 18.1 Å². The van der Waals surface area contributed by atoms with E-state index in [-0.39, 0.29) is 31.5 Å². The van der Waals surface area contributed by atoms with Gasteiger partial charge in [0.2, 0.25) is 11.8 Å². The van der Waals surface area contributed by atoms with Crippen LogP contribution in [-0.2, 0) is 19.1 Å². The number of amides is 3. The van der Waals surface area contributed by atoms with Crippen LogP contribution in [0, 0.1) is 5.82 Å². The van der Waals surface area contributed by atoms with Gasteiger partial charge in [0.15, 0.2) is 0 Å². The van der Waals surface area contributed by atoms with Crippen LogP contribution in [0.2, 0.25) is 0 Å². The summed E-state index contributed by atoms with van der Waals surface area (Å²) >= 11 is 0. The number of halogens is 1. The monoisotopic (exact) mass is 437 g/mol. The Morgan fingerprint density at radius 3 is 2.65 bits per heavy atom. The number of carbonyl (C=O) groups is 3. The Morgan fingerprint density at radius 2 is 2.03 bits per heavy atom. The highest BCUT2D eigenvalue weighted by atomic mass is 19.1. The number of hydrogen-bond acceptors (Lipinski definition) is 7. The molecule has 2 heterocycles. The van der Waals surface area contributed by atoms with E-state index in [0.717, 1.165) is 0 Å². The van der Waals surface area contributed by atoms with Crippen LogP contribution >= 0.6 is 0 Å². The number of benzene rings is 1. The third kappa shape index (κ3) is 5.42. The van der Waals surface area contributed by atoms with Crippen LogP contribution in [-0.4, -0.2) is 87.9 Å². The molecule has 1 unspecified atom stereocenters. The van der Waals surface area contributed by atoms with Crippen molar-refractivity contribution in [2.75, 3.05) is 62.8 Å². The molecule has 2 atom stereocenters. The SMILES string of the molecule is COCC(=O)N1CCN(c2ccc(N3C[C@@H](CNC(=O)C(C)N)OC3=O)cc2F)CC1. The Hall–Kier alpha value is -2.92. The summed E-state index contributed by atoms with van der Waals surface area (Å²) in [6.45, 7) is 3.88. The molecule has 0 radical (unpaired) electrons. The zero-order valence-electron chi connectivity index (χ0n) is 17.7.